The fourth-order valence-corrected chi connectivity index (χ4v) is 3.83. The summed E-state index contributed by atoms with van der Waals surface area (Å²) in [4.78, 5) is 22.5. The van der Waals surface area contributed by atoms with Gasteiger partial charge in [0.05, 0.1) is 23.1 Å². The van der Waals surface area contributed by atoms with Crippen LogP contribution >= 0.6 is 11.6 Å². The first-order chi connectivity index (χ1) is 14.5. The highest BCUT2D eigenvalue weighted by molar-refractivity contribution is 6.30. The molecular formula is C23H18ClN5O. The van der Waals surface area contributed by atoms with Crippen LogP contribution in [0.2, 0.25) is 5.02 Å². The van der Waals surface area contributed by atoms with Gasteiger partial charge in [0.1, 0.15) is 5.82 Å². The molecule has 0 fully saturated rings. The first-order valence-corrected chi connectivity index (χ1v) is 9.95. The number of pyridine rings is 1. The van der Waals surface area contributed by atoms with Gasteiger partial charge in [-0.2, -0.15) is 9.50 Å². The molecule has 0 bridgehead atoms. The van der Waals surface area contributed by atoms with Gasteiger partial charge in [0.2, 0.25) is 0 Å². The molecule has 0 saturated heterocycles. The number of fused-ring (bicyclic) bond motifs is 2. The summed E-state index contributed by atoms with van der Waals surface area (Å²) in [5, 5.41) is 5.56. The summed E-state index contributed by atoms with van der Waals surface area (Å²) >= 11 is 6.25. The molecule has 3 heterocycles. The second-order valence-electron chi connectivity index (χ2n) is 7.34. The van der Waals surface area contributed by atoms with Crippen molar-refractivity contribution in [1.29, 1.82) is 0 Å². The number of hydrogen-bond donors (Lipinski definition) is 0. The zero-order valence-corrected chi connectivity index (χ0v) is 17.3. The normalized spacial score (nSPS) is 11.4. The number of rotatable bonds is 3. The van der Waals surface area contributed by atoms with E-state index in [2.05, 4.69) is 15.1 Å². The van der Waals surface area contributed by atoms with Crippen molar-refractivity contribution in [3.05, 3.63) is 93.1 Å². The van der Waals surface area contributed by atoms with Crippen molar-refractivity contribution in [3.63, 3.8) is 0 Å². The Kier molecular flexibility index (Phi) is 4.37. The standard InChI is InChI=1S/C23H18ClN5O/c1-14-6-8-16(9-7-14)13-28-11-10-19-20(22(28)30)21(17-4-3-5-18(24)12-17)29-23(26-19)25-15(2)27-29/h3-12H,13H2,1-2H3. The predicted molar refractivity (Wildman–Crippen MR) is 118 cm³/mol. The molecule has 3 aromatic heterocycles. The fraction of sp³-hybridized carbons (Fsp3) is 0.130. The van der Waals surface area contributed by atoms with E-state index in [1.165, 1.54) is 5.56 Å². The number of aromatic nitrogens is 5. The van der Waals surface area contributed by atoms with Crippen LogP contribution in [0.4, 0.5) is 0 Å². The predicted octanol–water partition coefficient (Wildman–Crippen LogP) is 4.42. The van der Waals surface area contributed by atoms with Gasteiger partial charge in [-0.1, -0.05) is 53.6 Å². The Morgan fingerprint density at radius 1 is 1.00 bits per heavy atom. The van der Waals surface area contributed by atoms with E-state index in [9.17, 15) is 4.79 Å². The second-order valence-corrected chi connectivity index (χ2v) is 7.77. The van der Waals surface area contributed by atoms with Gasteiger partial charge < -0.3 is 4.57 Å². The number of nitrogens with zero attached hydrogens (tertiary/aromatic N) is 5. The molecule has 2 aromatic carbocycles. The van der Waals surface area contributed by atoms with Crippen molar-refractivity contribution >= 4 is 28.3 Å². The Balaban J connectivity index is 1.81. The van der Waals surface area contributed by atoms with Crippen LogP contribution in [-0.2, 0) is 6.54 Å². The molecule has 0 aliphatic carbocycles. The van der Waals surface area contributed by atoms with E-state index < -0.39 is 0 Å². The average Bonchev–Trinajstić information content (AvgIpc) is 3.10. The Labute approximate surface area is 177 Å². The van der Waals surface area contributed by atoms with Gasteiger partial charge in [-0.25, -0.2) is 4.98 Å². The molecule has 30 heavy (non-hydrogen) atoms. The summed E-state index contributed by atoms with van der Waals surface area (Å²) in [5.74, 6) is 1.03. The highest BCUT2D eigenvalue weighted by Crippen LogP contribution is 2.28. The van der Waals surface area contributed by atoms with Crippen molar-refractivity contribution in [3.8, 4) is 11.3 Å². The number of halogens is 1. The highest BCUT2D eigenvalue weighted by Gasteiger charge is 2.18. The Morgan fingerprint density at radius 3 is 2.57 bits per heavy atom. The van der Waals surface area contributed by atoms with Gasteiger partial charge in [-0.3, -0.25) is 4.79 Å². The third kappa shape index (κ3) is 3.15. The first kappa shape index (κ1) is 18.5. The lowest BCUT2D eigenvalue weighted by Crippen LogP contribution is -2.22. The smallest absolute Gasteiger partial charge is 0.262 e. The summed E-state index contributed by atoms with van der Waals surface area (Å²) in [6.07, 6.45) is 1.78. The van der Waals surface area contributed by atoms with Crippen molar-refractivity contribution < 1.29 is 0 Å². The monoisotopic (exact) mass is 415 g/mol. The molecule has 0 atom stereocenters. The summed E-state index contributed by atoms with van der Waals surface area (Å²) in [6.45, 7) is 4.31. The Bertz CT molecular complexity index is 1470. The van der Waals surface area contributed by atoms with Gasteiger partial charge in [-0.05, 0) is 37.6 Å². The van der Waals surface area contributed by atoms with Crippen LogP contribution in [0.1, 0.15) is 17.0 Å². The molecule has 5 rings (SSSR count). The maximum Gasteiger partial charge on any atom is 0.262 e. The molecule has 6 nitrogen and oxygen atoms in total. The molecule has 0 saturated carbocycles. The van der Waals surface area contributed by atoms with Crippen LogP contribution in [0.5, 0.6) is 0 Å². The Hall–Kier alpha value is -3.51. The zero-order chi connectivity index (χ0) is 20.8. The number of hydrogen-bond acceptors (Lipinski definition) is 4. The van der Waals surface area contributed by atoms with E-state index in [1.54, 1.807) is 28.3 Å². The fourth-order valence-electron chi connectivity index (χ4n) is 3.64. The third-order valence-electron chi connectivity index (χ3n) is 5.08. The molecule has 0 N–H and O–H groups in total. The SMILES string of the molecule is Cc1ccc(Cn2ccc3nc4nc(C)nn4c(-c4cccc(Cl)c4)c3c2=O)cc1. The zero-order valence-electron chi connectivity index (χ0n) is 16.5. The molecule has 0 aliphatic heterocycles. The van der Waals surface area contributed by atoms with E-state index in [0.717, 1.165) is 11.1 Å². The van der Waals surface area contributed by atoms with Gasteiger partial charge in [0.25, 0.3) is 11.3 Å². The maximum absolute atomic E-state index is 13.6. The molecule has 0 aliphatic rings. The van der Waals surface area contributed by atoms with Crippen molar-refractivity contribution in [2.24, 2.45) is 0 Å². The quantitative estimate of drug-likeness (QED) is 0.437. The van der Waals surface area contributed by atoms with Gasteiger partial charge in [0.15, 0.2) is 0 Å². The summed E-state index contributed by atoms with van der Waals surface area (Å²) in [5.41, 5.74) is 4.11. The molecule has 0 unspecified atom stereocenters. The van der Waals surface area contributed by atoms with Crippen LogP contribution in [0.15, 0.2) is 65.6 Å². The minimum Gasteiger partial charge on any atom is -0.310 e. The van der Waals surface area contributed by atoms with E-state index in [1.807, 2.05) is 55.5 Å². The minimum absolute atomic E-state index is 0.134. The van der Waals surface area contributed by atoms with Gasteiger partial charge >= 0.3 is 0 Å². The first-order valence-electron chi connectivity index (χ1n) is 9.57. The van der Waals surface area contributed by atoms with E-state index in [0.29, 0.717) is 39.8 Å². The van der Waals surface area contributed by atoms with Crippen molar-refractivity contribution in [2.75, 3.05) is 0 Å². The molecule has 148 valence electrons. The lowest BCUT2D eigenvalue weighted by molar-refractivity contribution is 0.766. The average molecular weight is 416 g/mol. The second kappa shape index (κ2) is 7.07. The molecule has 7 heteroatoms. The van der Waals surface area contributed by atoms with Crippen LogP contribution < -0.4 is 5.56 Å². The summed E-state index contributed by atoms with van der Waals surface area (Å²) < 4.78 is 3.32. The van der Waals surface area contributed by atoms with E-state index in [-0.39, 0.29) is 5.56 Å². The lowest BCUT2D eigenvalue weighted by Gasteiger charge is -2.12. The minimum atomic E-state index is -0.134. The van der Waals surface area contributed by atoms with E-state index in [4.69, 9.17) is 11.6 Å². The number of aryl methyl sites for hydroxylation is 2. The largest absolute Gasteiger partial charge is 0.310 e. The van der Waals surface area contributed by atoms with Crippen LogP contribution in [0.3, 0.4) is 0 Å². The van der Waals surface area contributed by atoms with Crippen molar-refractivity contribution in [2.45, 2.75) is 20.4 Å². The van der Waals surface area contributed by atoms with E-state index >= 15 is 0 Å². The third-order valence-corrected chi connectivity index (χ3v) is 5.31. The van der Waals surface area contributed by atoms with Crippen LogP contribution in [0.25, 0.3) is 27.9 Å². The maximum atomic E-state index is 13.6. The molecule has 0 radical (unpaired) electrons. The molecule has 0 amide bonds. The summed E-state index contributed by atoms with van der Waals surface area (Å²) in [6, 6.07) is 17.4. The van der Waals surface area contributed by atoms with Gasteiger partial charge in [0, 0.05) is 16.8 Å². The Morgan fingerprint density at radius 2 is 1.80 bits per heavy atom. The topological polar surface area (TPSA) is 65.1 Å². The van der Waals surface area contributed by atoms with Crippen LogP contribution in [-0.4, -0.2) is 24.1 Å². The van der Waals surface area contributed by atoms with Gasteiger partial charge in [-0.15, -0.1) is 5.10 Å². The molecular weight excluding hydrogens is 398 g/mol. The van der Waals surface area contributed by atoms with Crippen LogP contribution in [0, 0.1) is 13.8 Å². The number of benzene rings is 2. The lowest BCUT2D eigenvalue weighted by atomic mass is 10.1. The molecule has 0 spiro atoms. The molecule has 5 aromatic rings. The highest BCUT2D eigenvalue weighted by atomic mass is 35.5. The summed E-state index contributed by atoms with van der Waals surface area (Å²) in [7, 11) is 0. The van der Waals surface area contributed by atoms with Crippen molar-refractivity contribution in [1.82, 2.24) is 24.1 Å².